The van der Waals surface area contributed by atoms with Crippen molar-refractivity contribution in [3.63, 3.8) is 0 Å². The second-order valence-corrected chi connectivity index (χ2v) is 14.0. The van der Waals surface area contributed by atoms with Crippen molar-refractivity contribution in [2.45, 2.75) is 0 Å². The van der Waals surface area contributed by atoms with Gasteiger partial charge in [0.1, 0.15) is 0 Å². The molecule has 3 heterocycles. The molecule has 0 unspecified atom stereocenters. The molecule has 0 spiro atoms. The number of fused-ring (bicyclic) bond motifs is 7. The molecule has 0 atom stereocenters. The molecule has 0 radical (unpaired) electrons. The summed E-state index contributed by atoms with van der Waals surface area (Å²) in [6, 6.07) is 70.4. The highest BCUT2D eigenvalue weighted by atomic mass is 15.2. The minimum Gasteiger partial charge on any atom is -0.309 e. The Morgan fingerprint density at radius 3 is 1.46 bits per heavy atom. The highest BCUT2D eigenvalue weighted by Crippen LogP contribution is 2.43. The zero-order valence-electron chi connectivity index (χ0n) is 30.3. The van der Waals surface area contributed by atoms with Crippen LogP contribution in [0.1, 0.15) is 0 Å². The first-order chi connectivity index (χ1) is 27.8. The van der Waals surface area contributed by atoms with Gasteiger partial charge in [0.15, 0.2) is 11.6 Å². The van der Waals surface area contributed by atoms with Gasteiger partial charge in [0.05, 0.1) is 27.8 Å². The molecule has 5 nitrogen and oxygen atoms in total. The van der Waals surface area contributed by atoms with Gasteiger partial charge in [0.25, 0.3) is 0 Å². The van der Waals surface area contributed by atoms with Crippen LogP contribution in [-0.4, -0.2) is 24.1 Å². The summed E-state index contributed by atoms with van der Waals surface area (Å²) < 4.78 is 4.68. The van der Waals surface area contributed by atoms with Gasteiger partial charge >= 0.3 is 0 Å². The number of benzene rings is 8. The maximum atomic E-state index is 5.25. The van der Waals surface area contributed by atoms with Crippen LogP contribution in [0.25, 0.3) is 100 Å². The molecule has 11 rings (SSSR count). The number of para-hydroxylation sites is 2. The minimum absolute atomic E-state index is 0.574. The summed E-state index contributed by atoms with van der Waals surface area (Å²) in [6.45, 7) is 0. The third-order valence-electron chi connectivity index (χ3n) is 10.8. The quantitative estimate of drug-likeness (QED) is 0.172. The first-order valence-corrected chi connectivity index (χ1v) is 18.9. The van der Waals surface area contributed by atoms with Crippen LogP contribution in [0.4, 0.5) is 0 Å². The van der Waals surface area contributed by atoms with Crippen LogP contribution in [0.5, 0.6) is 0 Å². The number of hydrogen-bond acceptors (Lipinski definition) is 3. The van der Waals surface area contributed by atoms with Crippen molar-refractivity contribution in [2.75, 3.05) is 0 Å². The van der Waals surface area contributed by atoms with Crippen molar-refractivity contribution in [1.82, 2.24) is 24.1 Å². The molecule has 3 aromatic heterocycles. The van der Waals surface area contributed by atoms with E-state index in [0.717, 1.165) is 71.6 Å². The molecule has 262 valence electrons. The summed E-state index contributed by atoms with van der Waals surface area (Å²) in [5, 5.41) is 4.58. The molecule has 0 aliphatic carbocycles. The number of nitrogens with zero attached hydrogens (tertiary/aromatic N) is 5. The predicted molar refractivity (Wildman–Crippen MR) is 230 cm³/mol. The van der Waals surface area contributed by atoms with Crippen LogP contribution in [0.15, 0.2) is 200 Å². The fourth-order valence-corrected chi connectivity index (χ4v) is 8.26. The average Bonchev–Trinajstić information content (AvgIpc) is 3.80. The first-order valence-electron chi connectivity index (χ1n) is 18.9. The lowest BCUT2D eigenvalue weighted by Gasteiger charge is -2.16. The lowest BCUT2D eigenvalue weighted by molar-refractivity contribution is 0.955. The Bertz CT molecular complexity index is 3160. The van der Waals surface area contributed by atoms with Gasteiger partial charge in [0.2, 0.25) is 5.95 Å². The van der Waals surface area contributed by atoms with Gasteiger partial charge in [-0.3, -0.25) is 4.57 Å². The number of rotatable bonds is 6. The molecule has 0 aliphatic heterocycles. The number of hydrogen-bond donors (Lipinski definition) is 0. The van der Waals surface area contributed by atoms with E-state index in [1.165, 1.54) is 11.1 Å². The van der Waals surface area contributed by atoms with Crippen LogP contribution >= 0.6 is 0 Å². The third kappa shape index (κ3) is 5.13. The van der Waals surface area contributed by atoms with Crippen molar-refractivity contribution in [2.24, 2.45) is 0 Å². The van der Waals surface area contributed by atoms with Gasteiger partial charge in [0, 0.05) is 38.2 Å². The van der Waals surface area contributed by atoms with Crippen molar-refractivity contribution >= 4 is 43.6 Å². The molecule has 56 heavy (non-hydrogen) atoms. The van der Waals surface area contributed by atoms with Crippen LogP contribution in [-0.2, 0) is 0 Å². The molecular formula is C51H33N5. The summed E-state index contributed by atoms with van der Waals surface area (Å²) in [4.78, 5) is 15.5. The van der Waals surface area contributed by atoms with Gasteiger partial charge in [-0.25, -0.2) is 4.98 Å². The Kier molecular flexibility index (Phi) is 7.42. The Balaban J connectivity index is 1.25. The first kappa shape index (κ1) is 31.9. The zero-order valence-corrected chi connectivity index (χ0v) is 30.3. The monoisotopic (exact) mass is 715 g/mol. The van der Waals surface area contributed by atoms with Crippen molar-refractivity contribution in [3.05, 3.63) is 200 Å². The zero-order chi connectivity index (χ0) is 37.0. The van der Waals surface area contributed by atoms with E-state index in [9.17, 15) is 0 Å². The second kappa shape index (κ2) is 13.0. The Hall–Kier alpha value is -7.63. The van der Waals surface area contributed by atoms with Crippen LogP contribution in [0.3, 0.4) is 0 Å². The third-order valence-corrected chi connectivity index (χ3v) is 10.8. The standard InChI is InChI=1S/C51H33N5/c1-5-17-34(18-6-1)38-29-31-45(42(33-38)35-19-7-2-8-20-35)55-44-28-16-14-26-41(44)47-46(55)32-30-40-39-25-13-15-27-43(39)56(48(40)47)51-53-49(36-21-9-3-10-22-36)52-50(54-51)37-23-11-4-12-24-37/h1-33H. The Morgan fingerprint density at radius 2 is 0.839 bits per heavy atom. The largest absolute Gasteiger partial charge is 0.309 e. The summed E-state index contributed by atoms with van der Waals surface area (Å²) in [5.41, 5.74) is 12.0. The molecule has 0 fully saturated rings. The van der Waals surface area contributed by atoms with Crippen LogP contribution in [0, 0.1) is 0 Å². The second-order valence-electron chi connectivity index (χ2n) is 14.0. The van der Waals surface area contributed by atoms with E-state index >= 15 is 0 Å². The van der Waals surface area contributed by atoms with Crippen LogP contribution in [0.2, 0.25) is 0 Å². The lowest BCUT2D eigenvalue weighted by Crippen LogP contribution is -2.06. The topological polar surface area (TPSA) is 48.5 Å². The minimum atomic E-state index is 0.574. The van der Waals surface area contributed by atoms with E-state index in [0.29, 0.717) is 17.6 Å². The molecule has 0 saturated heterocycles. The molecule has 11 aromatic rings. The smallest absolute Gasteiger partial charge is 0.238 e. The van der Waals surface area contributed by atoms with E-state index in [1.54, 1.807) is 0 Å². The highest BCUT2D eigenvalue weighted by molar-refractivity contribution is 6.26. The lowest BCUT2D eigenvalue weighted by atomic mass is 9.97. The van der Waals surface area contributed by atoms with Gasteiger partial charge < -0.3 is 4.57 Å². The molecular weight excluding hydrogens is 683 g/mol. The highest BCUT2D eigenvalue weighted by Gasteiger charge is 2.24. The molecule has 0 saturated carbocycles. The maximum Gasteiger partial charge on any atom is 0.238 e. The van der Waals surface area contributed by atoms with E-state index in [-0.39, 0.29) is 0 Å². The molecule has 8 aromatic carbocycles. The Morgan fingerprint density at radius 1 is 0.321 bits per heavy atom. The van der Waals surface area contributed by atoms with Crippen molar-refractivity contribution < 1.29 is 0 Å². The summed E-state index contributed by atoms with van der Waals surface area (Å²) in [7, 11) is 0. The van der Waals surface area contributed by atoms with E-state index in [1.807, 2.05) is 36.4 Å². The van der Waals surface area contributed by atoms with Crippen LogP contribution < -0.4 is 0 Å². The van der Waals surface area contributed by atoms with Crippen molar-refractivity contribution in [1.29, 1.82) is 0 Å². The van der Waals surface area contributed by atoms with Gasteiger partial charge in [-0.2, -0.15) is 9.97 Å². The van der Waals surface area contributed by atoms with E-state index in [2.05, 4.69) is 173 Å². The molecule has 5 heteroatoms. The maximum absolute atomic E-state index is 5.25. The molecule has 0 amide bonds. The fraction of sp³-hybridized carbons (Fsp3) is 0. The summed E-state index contributed by atoms with van der Waals surface area (Å²) >= 11 is 0. The summed E-state index contributed by atoms with van der Waals surface area (Å²) in [5.74, 6) is 1.83. The SMILES string of the molecule is c1ccc(-c2ccc(-n3c4ccccc4c4c3ccc3c5ccccc5n(-c5nc(-c6ccccc6)nc(-c6ccccc6)n5)c34)c(-c3ccccc3)c2)cc1. The molecule has 0 bridgehead atoms. The van der Waals surface area contributed by atoms with E-state index < -0.39 is 0 Å². The van der Waals surface area contributed by atoms with Gasteiger partial charge in [-0.1, -0.05) is 170 Å². The fourth-order valence-electron chi connectivity index (χ4n) is 8.26. The van der Waals surface area contributed by atoms with E-state index in [4.69, 9.17) is 15.0 Å². The molecule has 0 N–H and O–H groups in total. The number of aromatic nitrogens is 5. The van der Waals surface area contributed by atoms with Crippen molar-refractivity contribution in [3.8, 4) is 56.7 Å². The van der Waals surface area contributed by atoms with Gasteiger partial charge in [-0.15, -0.1) is 0 Å². The predicted octanol–water partition coefficient (Wildman–Crippen LogP) is 12.7. The molecule has 0 aliphatic rings. The average molecular weight is 716 g/mol. The van der Waals surface area contributed by atoms with Gasteiger partial charge in [-0.05, 0) is 47.0 Å². The normalized spacial score (nSPS) is 11.6. The summed E-state index contributed by atoms with van der Waals surface area (Å²) in [6.07, 6.45) is 0. The Labute approximate surface area is 323 Å².